The standard InChI is InChI=1S/C20H20FNO3S/c1-3-11-22-13-19(26(24,25)16-8-6-15(21)7-9-16)20(23)17-12-14(4-2)5-10-18(17)22/h5-10,12-13H,3-4,11H2,1-2H3. The third-order valence-corrected chi connectivity index (χ3v) is 6.16. The van der Waals surface area contributed by atoms with Gasteiger partial charge in [-0.1, -0.05) is 19.9 Å². The second kappa shape index (κ2) is 7.03. The molecule has 0 saturated heterocycles. The van der Waals surface area contributed by atoms with Gasteiger partial charge >= 0.3 is 0 Å². The van der Waals surface area contributed by atoms with E-state index in [0.717, 1.165) is 30.5 Å². The topological polar surface area (TPSA) is 56.1 Å². The van der Waals surface area contributed by atoms with Gasteiger partial charge in [-0.25, -0.2) is 12.8 Å². The predicted molar refractivity (Wildman–Crippen MR) is 99.7 cm³/mol. The summed E-state index contributed by atoms with van der Waals surface area (Å²) in [6.45, 7) is 4.55. The molecule has 0 atom stereocenters. The van der Waals surface area contributed by atoms with Gasteiger partial charge in [-0.05, 0) is 54.8 Å². The van der Waals surface area contributed by atoms with Crippen LogP contribution in [0.3, 0.4) is 0 Å². The van der Waals surface area contributed by atoms with E-state index in [2.05, 4.69) is 0 Å². The summed E-state index contributed by atoms with van der Waals surface area (Å²) in [7, 11) is -4.04. The van der Waals surface area contributed by atoms with Gasteiger partial charge in [-0.2, -0.15) is 0 Å². The van der Waals surface area contributed by atoms with E-state index < -0.39 is 21.1 Å². The largest absolute Gasteiger partial charge is 0.346 e. The molecule has 0 unspecified atom stereocenters. The number of hydrogen-bond donors (Lipinski definition) is 0. The van der Waals surface area contributed by atoms with Crippen LogP contribution in [0.1, 0.15) is 25.8 Å². The lowest BCUT2D eigenvalue weighted by Gasteiger charge is -2.14. The maximum absolute atomic E-state index is 13.2. The van der Waals surface area contributed by atoms with Crippen molar-refractivity contribution < 1.29 is 12.8 Å². The van der Waals surface area contributed by atoms with E-state index >= 15 is 0 Å². The van der Waals surface area contributed by atoms with Crippen molar-refractivity contribution in [1.29, 1.82) is 0 Å². The summed E-state index contributed by atoms with van der Waals surface area (Å²) in [5, 5.41) is 0.390. The van der Waals surface area contributed by atoms with Gasteiger partial charge in [0, 0.05) is 18.1 Å². The summed E-state index contributed by atoms with van der Waals surface area (Å²) in [6.07, 6.45) is 2.94. The first-order valence-corrected chi connectivity index (χ1v) is 10.0. The first kappa shape index (κ1) is 18.3. The summed E-state index contributed by atoms with van der Waals surface area (Å²) >= 11 is 0. The number of nitrogens with zero attached hydrogens (tertiary/aromatic N) is 1. The number of sulfone groups is 1. The highest BCUT2D eigenvalue weighted by atomic mass is 32.2. The lowest BCUT2D eigenvalue weighted by atomic mass is 10.1. The van der Waals surface area contributed by atoms with Crippen LogP contribution in [0.2, 0.25) is 0 Å². The number of pyridine rings is 1. The second-order valence-corrected chi connectivity index (χ2v) is 8.10. The molecule has 3 rings (SSSR count). The van der Waals surface area contributed by atoms with Gasteiger partial charge in [-0.15, -0.1) is 0 Å². The average Bonchev–Trinajstić information content (AvgIpc) is 2.64. The normalized spacial score (nSPS) is 11.8. The first-order chi connectivity index (χ1) is 12.4. The van der Waals surface area contributed by atoms with Crippen molar-refractivity contribution in [2.75, 3.05) is 0 Å². The lowest BCUT2D eigenvalue weighted by Crippen LogP contribution is -2.19. The fourth-order valence-corrected chi connectivity index (χ4v) is 4.36. The fraction of sp³-hybridized carbons (Fsp3) is 0.250. The van der Waals surface area contributed by atoms with Gasteiger partial charge in [-0.3, -0.25) is 4.79 Å². The van der Waals surface area contributed by atoms with Crippen LogP contribution >= 0.6 is 0 Å². The highest BCUT2D eigenvalue weighted by Crippen LogP contribution is 2.22. The molecule has 6 heteroatoms. The Morgan fingerprint density at radius 3 is 2.35 bits per heavy atom. The molecule has 0 saturated carbocycles. The number of rotatable bonds is 5. The summed E-state index contributed by atoms with van der Waals surface area (Å²) in [5.74, 6) is -0.529. The maximum atomic E-state index is 13.2. The second-order valence-electron chi connectivity index (χ2n) is 6.18. The summed E-state index contributed by atoms with van der Waals surface area (Å²) in [6, 6.07) is 10.1. The highest BCUT2D eigenvalue weighted by Gasteiger charge is 2.24. The molecule has 0 spiro atoms. The third-order valence-electron chi connectivity index (χ3n) is 4.40. The molecular weight excluding hydrogens is 353 g/mol. The number of aromatic nitrogens is 1. The smallest absolute Gasteiger partial charge is 0.211 e. The van der Waals surface area contributed by atoms with E-state index in [4.69, 9.17) is 0 Å². The predicted octanol–water partition coefficient (Wildman–Crippen LogP) is 3.95. The third kappa shape index (κ3) is 3.17. The van der Waals surface area contributed by atoms with Crippen LogP contribution in [0, 0.1) is 5.82 Å². The van der Waals surface area contributed by atoms with Crippen LogP contribution in [0.15, 0.2) is 63.2 Å². The first-order valence-electron chi connectivity index (χ1n) is 8.55. The van der Waals surface area contributed by atoms with Crippen LogP contribution in [0.4, 0.5) is 4.39 Å². The van der Waals surface area contributed by atoms with Crippen LogP contribution < -0.4 is 5.43 Å². The van der Waals surface area contributed by atoms with Crippen molar-refractivity contribution in [2.24, 2.45) is 0 Å². The van der Waals surface area contributed by atoms with Crippen LogP contribution in [-0.4, -0.2) is 13.0 Å². The molecule has 0 aliphatic rings. The molecule has 0 aliphatic heterocycles. The zero-order valence-electron chi connectivity index (χ0n) is 14.7. The van der Waals surface area contributed by atoms with E-state index in [1.54, 1.807) is 10.6 Å². The quantitative estimate of drug-likeness (QED) is 0.637. The zero-order valence-corrected chi connectivity index (χ0v) is 15.5. The Labute approximate surface area is 151 Å². The fourth-order valence-electron chi connectivity index (χ4n) is 3.00. The summed E-state index contributed by atoms with van der Waals surface area (Å²) in [4.78, 5) is 12.6. The molecule has 1 heterocycles. The molecule has 4 nitrogen and oxygen atoms in total. The number of hydrogen-bond acceptors (Lipinski definition) is 3. The van der Waals surface area contributed by atoms with E-state index in [0.29, 0.717) is 17.4 Å². The van der Waals surface area contributed by atoms with Gasteiger partial charge in [0.25, 0.3) is 0 Å². The molecule has 0 amide bonds. The molecular formula is C20H20FNO3S. The Kier molecular flexibility index (Phi) is 4.96. The molecule has 136 valence electrons. The van der Waals surface area contributed by atoms with Gasteiger partial charge in [0.2, 0.25) is 15.3 Å². The molecule has 26 heavy (non-hydrogen) atoms. The monoisotopic (exact) mass is 373 g/mol. The van der Waals surface area contributed by atoms with Crippen molar-refractivity contribution in [3.63, 3.8) is 0 Å². The van der Waals surface area contributed by atoms with E-state index in [-0.39, 0.29) is 9.79 Å². The zero-order chi connectivity index (χ0) is 18.9. The minimum atomic E-state index is -4.04. The molecule has 0 bridgehead atoms. The van der Waals surface area contributed by atoms with E-state index in [1.807, 2.05) is 26.0 Å². The Bertz CT molecular complexity index is 1120. The number of halogens is 1. The lowest BCUT2D eigenvalue weighted by molar-refractivity contribution is 0.591. The molecule has 3 aromatic rings. The average molecular weight is 373 g/mol. The Morgan fingerprint density at radius 1 is 1.04 bits per heavy atom. The van der Waals surface area contributed by atoms with Gasteiger partial charge in [0.15, 0.2) is 0 Å². The van der Waals surface area contributed by atoms with Crippen molar-refractivity contribution in [3.8, 4) is 0 Å². The molecule has 0 fully saturated rings. The number of aryl methyl sites for hydroxylation is 2. The molecule has 0 aliphatic carbocycles. The van der Waals surface area contributed by atoms with Crippen molar-refractivity contribution in [1.82, 2.24) is 4.57 Å². The van der Waals surface area contributed by atoms with Crippen LogP contribution in [0.5, 0.6) is 0 Å². The number of benzene rings is 2. The minimum Gasteiger partial charge on any atom is -0.346 e. The molecule has 0 N–H and O–H groups in total. The Balaban J connectivity index is 2.33. The Morgan fingerprint density at radius 2 is 1.73 bits per heavy atom. The molecule has 0 radical (unpaired) electrons. The van der Waals surface area contributed by atoms with Crippen molar-refractivity contribution in [3.05, 3.63) is 70.3 Å². The Hall–Kier alpha value is -2.47. The van der Waals surface area contributed by atoms with Gasteiger partial charge in [0.05, 0.1) is 10.4 Å². The number of fused-ring (bicyclic) bond motifs is 1. The van der Waals surface area contributed by atoms with E-state index in [9.17, 15) is 17.6 Å². The SMILES string of the molecule is CCCn1cc(S(=O)(=O)c2ccc(F)cc2)c(=O)c2cc(CC)ccc21. The summed E-state index contributed by atoms with van der Waals surface area (Å²) < 4.78 is 40.9. The van der Waals surface area contributed by atoms with Gasteiger partial charge < -0.3 is 4.57 Å². The molecule has 1 aromatic heterocycles. The minimum absolute atomic E-state index is 0.0926. The van der Waals surface area contributed by atoms with E-state index in [1.165, 1.54) is 18.3 Å². The maximum Gasteiger partial charge on any atom is 0.211 e. The van der Waals surface area contributed by atoms with Crippen LogP contribution in [0.25, 0.3) is 10.9 Å². The van der Waals surface area contributed by atoms with Crippen molar-refractivity contribution >= 4 is 20.7 Å². The van der Waals surface area contributed by atoms with Gasteiger partial charge in [0.1, 0.15) is 10.7 Å². The van der Waals surface area contributed by atoms with Crippen molar-refractivity contribution in [2.45, 2.75) is 43.0 Å². The summed E-state index contributed by atoms with van der Waals surface area (Å²) in [5.41, 5.74) is 1.16. The van der Waals surface area contributed by atoms with Crippen LogP contribution in [-0.2, 0) is 22.8 Å². The molecule has 2 aromatic carbocycles. The highest BCUT2D eigenvalue weighted by molar-refractivity contribution is 7.91.